The number of nitrogens with two attached hydrogens (primary N) is 1. The van der Waals surface area contributed by atoms with Crippen molar-refractivity contribution in [3.63, 3.8) is 0 Å². The van der Waals surface area contributed by atoms with Crippen LogP contribution in [0.1, 0.15) is 12.1 Å². The predicted octanol–water partition coefficient (Wildman–Crippen LogP) is -1.44. The van der Waals surface area contributed by atoms with Crippen LogP contribution in [0.4, 0.5) is 5.95 Å². The van der Waals surface area contributed by atoms with E-state index in [1.807, 2.05) is 0 Å². The van der Waals surface area contributed by atoms with Crippen LogP contribution in [0.2, 0.25) is 0 Å². The van der Waals surface area contributed by atoms with E-state index in [2.05, 4.69) is 27.6 Å². The number of rotatable bonds is 2. The topological polar surface area (TPSA) is 139 Å². The van der Waals surface area contributed by atoms with E-state index in [4.69, 9.17) is 10.5 Å². The maximum atomic E-state index is 11.8. The Kier molecular flexibility index (Phi) is 3.40. The average molecular weight is 313 g/mol. The molecule has 9 nitrogen and oxygen atoms in total. The Morgan fingerprint density at radius 2 is 2.24 bits per heavy atom. The van der Waals surface area contributed by atoms with Crippen molar-refractivity contribution in [2.24, 2.45) is 0 Å². The lowest BCUT2D eigenvalue weighted by molar-refractivity contribution is -0.0436. The molecule has 0 aliphatic carbocycles. The number of hydrogen-bond donors (Lipinski definition) is 5. The summed E-state index contributed by atoms with van der Waals surface area (Å²) >= 11 is 4.33. The monoisotopic (exact) mass is 313 g/mol. The van der Waals surface area contributed by atoms with E-state index < -0.39 is 29.2 Å². The van der Waals surface area contributed by atoms with Crippen LogP contribution in [0, 0.1) is 6.92 Å². The second kappa shape index (κ2) is 4.98. The number of fused-ring (bicyclic) bond motifs is 1. The summed E-state index contributed by atoms with van der Waals surface area (Å²) in [6.45, 7) is 1.34. The number of aliphatic hydroxyl groups is 2. The molecule has 1 fully saturated rings. The smallest absolute Gasteiger partial charge is 0.280 e. The molecule has 3 rings (SSSR count). The van der Waals surface area contributed by atoms with Gasteiger partial charge in [0.15, 0.2) is 17.4 Å². The second-order valence-electron chi connectivity index (χ2n) is 4.88. The van der Waals surface area contributed by atoms with Gasteiger partial charge in [0, 0.05) is 0 Å². The van der Waals surface area contributed by atoms with Gasteiger partial charge in [0.25, 0.3) is 5.56 Å². The third kappa shape index (κ3) is 2.11. The third-order valence-electron chi connectivity index (χ3n) is 3.52. The van der Waals surface area contributed by atoms with Gasteiger partial charge in [-0.1, -0.05) is 0 Å². The van der Waals surface area contributed by atoms with Gasteiger partial charge in [-0.25, -0.2) is 4.98 Å². The molecule has 0 radical (unpaired) electrons. The Labute approximate surface area is 124 Å². The fourth-order valence-corrected chi connectivity index (χ4v) is 2.90. The second-order valence-corrected chi connectivity index (χ2v) is 5.48. The Morgan fingerprint density at radius 1 is 1.52 bits per heavy atom. The van der Waals surface area contributed by atoms with Gasteiger partial charge >= 0.3 is 0 Å². The van der Waals surface area contributed by atoms with Crippen LogP contribution in [-0.4, -0.2) is 53.8 Å². The SMILES string of the molecule is Cc1nc2c(=O)[nH]c(N)nc2n1C1OC(CO)C(O)C1S. The van der Waals surface area contributed by atoms with Gasteiger partial charge in [-0.2, -0.15) is 17.6 Å². The summed E-state index contributed by atoms with van der Waals surface area (Å²) in [5.74, 6) is 0.435. The molecule has 2 aromatic rings. The van der Waals surface area contributed by atoms with E-state index in [-0.39, 0.29) is 23.7 Å². The summed E-state index contributed by atoms with van der Waals surface area (Å²) < 4.78 is 7.15. The first-order chi connectivity index (χ1) is 9.93. The molecule has 1 aliphatic heterocycles. The molecule has 0 saturated carbocycles. The van der Waals surface area contributed by atoms with E-state index in [9.17, 15) is 15.0 Å². The summed E-state index contributed by atoms with van der Waals surface area (Å²) in [6, 6.07) is 0. The van der Waals surface area contributed by atoms with Gasteiger partial charge < -0.3 is 20.7 Å². The molecule has 4 atom stereocenters. The van der Waals surface area contributed by atoms with Gasteiger partial charge in [-0.05, 0) is 6.92 Å². The van der Waals surface area contributed by atoms with Gasteiger partial charge in [-0.15, -0.1) is 0 Å². The molecule has 0 bridgehead atoms. The van der Waals surface area contributed by atoms with Crippen molar-refractivity contribution in [1.82, 2.24) is 19.5 Å². The number of thiol groups is 1. The van der Waals surface area contributed by atoms with Crippen molar-refractivity contribution in [2.75, 3.05) is 12.3 Å². The molecule has 10 heteroatoms. The summed E-state index contributed by atoms with van der Waals surface area (Å²) in [7, 11) is 0. The molecule has 21 heavy (non-hydrogen) atoms. The number of imidazole rings is 1. The van der Waals surface area contributed by atoms with Crippen molar-refractivity contribution < 1.29 is 14.9 Å². The zero-order chi connectivity index (χ0) is 15.3. The Balaban J connectivity index is 2.17. The number of ether oxygens (including phenoxy) is 1. The average Bonchev–Trinajstić information content (AvgIpc) is 2.89. The largest absolute Gasteiger partial charge is 0.394 e. The van der Waals surface area contributed by atoms with Crippen LogP contribution in [0.5, 0.6) is 0 Å². The molecule has 2 aromatic heterocycles. The number of anilines is 1. The fourth-order valence-electron chi connectivity index (χ4n) is 2.51. The van der Waals surface area contributed by atoms with Crippen molar-refractivity contribution >= 4 is 29.7 Å². The van der Waals surface area contributed by atoms with Gasteiger partial charge in [0.05, 0.1) is 18.0 Å². The number of nitrogens with one attached hydrogen (secondary N) is 1. The van der Waals surface area contributed by atoms with E-state index in [0.29, 0.717) is 5.82 Å². The summed E-state index contributed by atoms with van der Waals surface area (Å²) in [6.07, 6.45) is -2.41. The molecule has 0 aromatic carbocycles. The standard InChI is InChI=1S/C11H15N5O4S/c1-3-13-5-8(14-11(12)15-9(5)19)16(3)10-7(21)6(18)4(2-17)20-10/h4,6-7,10,17-18,21H,2H2,1H3,(H3,12,14,15,19). The maximum Gasteiger partial charge on any atom is 0.280 e. The number of H-pyrrole nitrogens is 1. The minimum atomic E-state index is -0.945. The lowest BCUT2D eigenvalue weighted by Gasteiger charge is -2.18. The molecule has 0 amide bonds. The number of aliphatic hydroxyl groups excluding tert-OH is 2. The highest BCUT2D eigenvalue weighted by Gasteiger charge is 2.43. The first-order valence-electron chi connectivity index (χ1n) is 6.30. The minimum absolute atomic E-state index is 0.0402. The normalized spacial score (nSPS) is 29.3. The first-order valence-corrected chi connectivity index (χ1v) is 6.82. The minimum Gasteiger partial charge on any atom is -0.394 e. The number of nitrogens with zero attached hydrogens (tertiary/aromatic N) is 3. The number of nitrogen functional groups attached to an aromatic ring is 1. The highest BCUT2D eigenvalue weighted by molar-refractivity contribution is 7.81. The molecule has 0 spiro atoms. The zero-order valence-electron chi connectivity index (χ0n) is 11.1. The van der Waals surface area contributed by atoms with Crippen LogP contribution < -0.4 is 11.3 Å². The van der Waals surface area contributed by atoms with Crippen LogP contribution in [0.3, 0.4) is 0 Å². The van der Waals surface area contributed by atoms with Crippen LogP contribution >= 0.6 is 12.6 Å². The van der Waals surface area contributed by atoms with Crippen molar-refractivity contribution in [1.29, 1.82) is 0 Å². The fraction of sp³-hybridized carbons (Fsp3) is 0.545. The highest BCUT2D eigenvalue weighted by atomic mass is 32.1. The third-order valence-corrected chi connectivity index (χ3v) is 4.08. The molecule has 114 valence electrons. The number of aryl methyl sites for hydroxylation is 1. The van der Waals surface area contributed by atoms with Crippen molar-refractivity contribution in [3.8, 4) is 0 Å². The Morgan fingerprint density at radius 3 is 2.86 bits per heavy atom. The lowest BCUT2D eigenvalue weighted by atomic mass is 10.2. The Bertz CT molecular complexity index is 744. The van der Waals surface area contributed by atoms with Crippen LogP contribution in [0.15, 0.2) is 4.79 Å². The van der Waals surface area contributed by atoms with Gasteiger partial charge in [0.1, 0.15) is 11.9 Å². The molecule has 1 saturated heterocycles. The first kappa shape index (κ1) is 14.3. The molecule has 1 aliphatic rings. The summed E-state index contributed by atoms with van der Waals surface area (Å²) in [4.78, 5) is 22.4. The quantitative estimate of drug-likeness (QED) is 0.428. The lowest BCUT2D eigenvalue weighted by Crippen LogP contribution is -2.30. The van der Waals surface area contributed by atoms with Gasteiger partial charge in [-0.3, -0.25) is 14.3 Å². The van der Waals surface area contributed by atoms with E-state index in [1.54, 1.807) is 11.5 Å². The number of hydrogen-bond acceptors (Lipinski definition) is 8. The number of aromatic amines is 1. The van der Waals surface area contributed by atoms with Crippen molar-refractivity contribution in [3.05, 3.63) is 16.2 Å². The highest BCUT2D eigenvalue weighted by Crippen LogP contribution is 2.35. The van der Waals surface area contributed by atoms with E-state index >= 15 is 0 Å². The molecular formula is C11H15N5O4S. The van der Waals surface area contributed by atoms with Crippen LogP contribution in [0.25, 0.3) is 11.2 Å². The maximum absolute atomic E-state index is 11.8. The molecule has 4 unspecified atom stereocenters. The molecular weight excluding hydrogens is 298 g/mol. The van der Waals surface area contributed by atoms with Crippen molar-refractivity contribution in [2.45, 2.75) is 30.6 Å². The molecule has 5 N–H and O–H groups in total. The van der Waals surface area contributed by atoms with Crippen LogP contribution in [-0.2, 0) is 4.74 Å². The van der Waals surface area contributed by atoms with E-state index in [0.717, 1.165) is 0 Å². The van der Waals surface area contributed by atoms with E-state index in [1.165, 1.54) is 0 Å². The Hall–Kier alpha value is -1.62. The number of aromatic nitrogens is 4. The van der Waals surface area contributed by atoms with Gasteiger partial charge in [0.2, 0.25) is 5.95 Å². The summed E-state index contributed by atoms with van der Waals surface area (Å²) in [5.41, 5.74) is 5.49. The predicted molar refractivity (Wildman–Crippen MR) is 77.1 cm³/mol. The molecule has 3 heterocycles. The summed E-state index contributed by atoms with van der Waals surface area (Å²) in [5, 5.41) is 18.6. The zero-order valence-corrected chi connectivity index (χ0v) is 12.0.